The monoisotopic (exact) mass is 468 g/mol. The molecule has 0 saturated heterocycles. The average molecular weight is 469 g/mol. The van der Waals surface area contributed by atoms with E-state index in [1.807, 2.05) is 0 Å². The van der Waals surface area contributed by atoms with Gasteiger partial charge in [0, 0.05) is 16.6 Å². The van der Waals surface area contributed by atoms with Crippen molar-refractivity contribution in [2.45, 2.75) is 37.1 Å². The second-order valence-corrected chi connectivity index (χ2v) is 9.06. The van der Waals surface area contributed by atoms with E-state index in [0.29, 0.717) is 41.3 Å². The fourth-order valence-corrected chi connectivity index (χ4v) is 5.21. The van der Waals surface area contributed by atoms with E-state index < -0.39 is 16.1 Å². The molecule has 0 radical (unpaired) electrons. The number of benzene rings is 2. The number of carbonyl (C=O) groups excluding carboxylic acids is 1. The molecule has 0 aliphatic heterocycles. The summed E-state index contributed by atoms with van der Waals surface area (Å²) >= 11 is 6.03. The summed E-state index contributed by atoms with van der Waals surface area (Å²) < 4.78 is 44.7. The molecule has 168 valence electrons. The van der Waals surface area contributed by atoms with Crippen molar-refractivity contribution in [1.82, 2.24) is 5.32 Å². The van der Waals surface area contributed by atoms with E-state index in [4.69, 9.17) is 25.8 Å². The van der Waals surface area contributed by atoms with Crippen molar-refractivity contribution in [3.8, 4) is 11.5 Å². The number of nitrogens with one attached hydrogen (secondary N) is 2. The molecule has 0 fully saturated rings. The number of sulfonamides is 1. The zero-order valence-corrected chi connectivity index (χ0v) is 19.1. The van der Waals surface area contributed by atoms with Crippen molar-refractivity contribution in [3.05, 3.63) is 46.5 Å². The Labute approximate surface area is 186 Å². The molecule has 2 aromatic carbocycles. The number of fused-ring (bicyclic) bond motifs is 1. The fourth-order valence-electron chi connectivity index (χ4n) is 3.68. The molecule has 1 atom stereocenters. The SMILES string of the molecule is CCOC(=O)N[C@H]1CCc2c(S(=O)(=O)Nc3cc(Cl)ccc3OC)ccc(OC)c2C1. The normalized spacial score (nSPS) is 15.5. The van der Waals surface area contributed by atoms with Gasteiger partial charge in [0.05, 0.1) is 31.4 Å². The number of halogens is 1. The molecule has 0 unspecified atom stereocenters. The van der Waals surface area contributed by atoms with Gasteiger partial charge in [0.1, 0.15) is 11.5 Å². The van der Waals surface area contributed by atoms with Gasteiger partial charge in [-0.2, -0.15) is 0 Å². The number of amides is 1. The van der Waals surface area contributed by atoms with Crippen LogP contribution in [0.5, 0.6) is 11.5 Å². The number of hydrogen-bond acceptors (Lipinski definition) is 6. The number of ether oxygens (including phenoxy) is 3. The van der Waals surface area contributed by atoms with Crippen LogP contribution in [0.15, 0.2) is 35.2 Å². The molecule has 1 amide bonds. The third-order valence-electron chi connectivity index (χ3n) is 5.05. The van der Waals surface area contributed by atoms with Crippen LogP contribution in [0.2, 0.25) is 5.02 Å². The highest BCUT2D eigenvalue weighted by molar-refractivity contribution is 7.92. The van der Waals surface area contributed by atoms with E-state index in [0.717, 1.165) is 5.56 Å². The molecule has 1 aliphatic carbocycles. The van der Waals surface area contributed by atoms with Crippen LogP contribution in [-0.2, 0) is 27.6 Å². The summed E-state index contributed by atoms with van der Waals surface area (Å²) in [4.78, 5) is 12.0. The number of carbonyl (C=O) groups is 1. The molecule has 2 aromatic rings. The Morgan fingerprint density at radius 2 is 1.84 bits per heavy atom. The Kier molecular flexibility index (Phi) is 7.17. The van der Waals surface area contributed by atoms with Crippen molar-refractivity contribution in [2.75, 3.05) is 25.5 Å². The second kappa shape index (κ2) is 9.65. The van der Waals surface area contributed by atoms with Crippen LogP contribution < -0.4 is 19.5 Å². The predicted octanol–water partition coefficient (Wildman–Crippen LogP) is 3.76. The number of hydrogen-bond donors (Lipinski definition) is 2. The molecule has 31 heavy (non-hydrogen) atoms. The van der Waals surface area contributed by atoms with E-state index in [1.54, 1.807) is 25.1 Å². The molecule has 0 aromatic heterocycles. The van der Waals surface area contributed by atoms with Crippen LogP contribution in [0.3, 0.4) is 0 Å². The highest BCUT2D eigenvalue weighted by Gasteiger charge is 2.30. The Morgan fingerprint density at radius 3 is 2.52 bits per heavy atom. The molecule has 10 heteroatoms. The van der Waals surface area contributed by atoms with Crippen molar-refractivity contribution < 1.29 is 27.4 Å². The lowest BCUT2D eigenvalue weighted by Gasteiger charge is -2.28. The van der Waals surface area contributed by atoms with Crippen molar-refractivity contribution in [1.29, 1.82) is 0 Å². The summed E-state index contributed by atoms with van der Waals surface area (Å²) in [6.07, 6.45) is 0.962. The quantitative estimate of drug-likeness (QED) is 0.641. The highest BCUT2D eigenvalue weighted by Crippen LogP contribution is 2.36. The van der Waals surface area contributed by atoms with Gasteiger partial charge in [-0.05, 0) is 62.1 Å². The van der Waals surface area contributed by atoms with Gasteiger partial charge in [0.2, 0.25) is 0 Å². The molecule has 0 heterocycles. The van der Waals surface area contributed by atoms with Crippen LogP contribution in [0.25, 0.3) is 0 Å². The lowest BCUT2D eigenvalue weighted by Crippen LogP contribution is -2.39. The first-order valence-electron chi connectivity index (χ1n) is 9.77. The zero-order chi connectivity index (χ0) is 22.6. The second-order valence-electron chi connectivity index (χ2n) is 6.98. The Hall–Kier alpha value is -2.65. The highest BCUT2D eigenvalue weighted by atomic mass is 35.5. The number of rotatable bonds is 7. The number of alkyl carbamates (subject to hydrolysis) is 1. The summed E-state index contributed by atoms with van der Waals surface area (Å²) in [5.41, 5.74) is 1.66. The lowest BCUT2D eigenvalue weighted by atomic mass is 9.87. The molecule has 0 bridgehead atoms. The maximum Gasteiger partial charge on any atom is 0.407 e. The molecule has 8 nitrogen and oxygen atoms in total. The Balaban J connectivity index is 1.95. The first-order valence-corrected chi connectivity index (χ1v) is 11.6. The van der Waals surface area contributed by atoms with Gasteiger partial charge < -0.3 is 19.5 Å². The standard InChI is InChI=1S/C21H25ClN2O6S/c1-4-30-21(25)23-14-6-7-15-16(12-14)18(28-2)9-10-20(15)31(26,27)24-17-11-13(22)5-8-19(17)29-3/h5,8-11,14,24H,4,6-7,12H2,1-3H3,(H,23,25)/t14-/m0/s1. The predicted molar refractivity (Wildman–Crippen MR) is 118 cm³/mol. The zero-order valence-electron chi connectivity index (χ0n) is 17.5. The summed E-state index contributed by atoms with van der Waals surface area (Å²) in [7, 11) is -0.954. The van der Waals surface area contributed by atoms with Crippen molar-refractivity contribution >= 4 is 33.4 Å². The van der Waals surface area contributed by atoms with Crippen LogP contribution in [0.4, 0.5) is 10.5 Å². The molecule has 2 N–H and O–H groups in total. The molecular formula is C21H25ClN2O6S. The molecule has 0 spiro atoms. The van der Waals surface area contributed by atoms with E-state index in [9.17, 15) is 13.2 Å². The number of anilines is 1. The van der Waals surface area contributed by atoms with Crippen LogP contribution >= 0.6 is 11.6 Å². The van der Waals surface area contributed by atoms with Gasteiger partial charge in [0.25, 0.3) is 10.0 Å². The largest absolute Gasteiger partial charge is 0.496 e. The minimum Gasteiger partial charge on any atom is -0.496 e. The maximum atomic E-state index is 13.3. The van der Waals surface area contributed by atoms with Gasteiger partial charge in [0.15, 0.2) is 0 Å². The summed E-state index contributed by atoms with van der Waals surface area (Å²) in [5.74, 6) is 0.929. The minimum atomic E-state index is -3.93. The summed E-state index contributed by atoms with van der Waals surface area (Å²) in [6, 6.07) is 7.66. The van der Waals surface area contributed by atoms with Gasteiger partial charge in [-0.3, -0.25) is 4.72 Å². The third-order valence-corrected chi connectivity index (χ3v) is 6.74. The molecule has 1 aliphatic rings. The third kappa shape index (κ3) is 5.16. The summed E-state index contributed by atoms with van der Waals surface area (Å²) in [6.45, 7) is 2.01. The summed E-state index contributed by atoms with van der Waals surface area (Å²) in [5, 5.41) is 3.20. The topological polar surface area (TPSA) is 103 Å². The van der Waals surface area contributed by atoms with Crippen molar-refractivity contribution in [3.63, 3.8) is 0 Å². The van der Waals surface area contributed by atoms with Gasteiger partial charge in [-0.15, -0.1) is 0 Å². The van der Waals surface area contributed by atoms with Crippen LogP contribution in [-0.4, -0.2) is 41.4 Å². The van der Waals surface area contributed by atoms with Gasteiger partial charge in [-0.25, -0.2) is 13.2 Å². The van der Waals surface area contributed by atoms with Gasteiger partial charge >= 0.3 is 6.09 Å². The first-order chi connectivity index (χ1) is 14.8. The van der Waals surface area contributed by atoms with E-state index in [1.165, 1.54) is 26.4 Å². The lowest BCUT2D eigenvalue weighted by molar-refractivity contribution is 0.147. The first kappa shape index (κ1) is 23.0. The molecular weight excluding hydrogens is 444 g/mol. The van der Waals surface area contributed by atoms with E-state index in [2.05, 4.69) is 10.0 Å². The minimum absolute atomic E-state index is 0.153. The van der Waals surface area contributed by atoms with Crippen LogP contribution in [0.1, 0.15) is 24.5 Å². The van der Waals surface area contributed by atoms with Gasteiger partial charge in [-0.1, -0.05) is 11.6 Å². The number of methoxy groups -OCH3 is 2. The van der Waals surface area contributed by atoms with E-state index >= 15 is 0 Å². The molecule has 3 rings (SSSR count). The smallest absolute Gasteiger partial charge is 0.407 e. The van der Waals surface area contributed by atoms with Crippen molar-refractivity contribution in [2.24, 2.45) is 0 Å². The van der Waals surface area contributed by atoms with E-state index in [-0.39, 0.29) is 23.2 Å². The fraction of sp³-hybridized carbons (Fsp3) is 0.381. The maximum absolute atomic E-state index is 13.3. The molecule has 0 saturated carbocycles. The van der Waals surface area contributed by atoms with Crippen LogP contribution in [0, 0.1) is 0 Å². The average Bonchev–Trinajstić information content (AvgIpc) is 2.72. The Morgan fingerprint density at radius 1 is 1.13 bits per heavy atom. The Bertz CT molecular complexity index is 1070.